The third kappa shape index (κ3) is 6.23. The smallest absolute Gasteiger partial charge is 0.317 e. The summed E-state index contributed by atoms with van der Waals surface area (Å²) >= 11 is 0. The van der Waals surface area contributed by atoms with E-state index in [9.17, 15) is 14.9 Å². The Bertz CT molecular complexity index is 731. The number of benzene rings is 2. The summed E-state index contributed by atoms with van der Waals surface area (Å²) in [5.74, 6) is -0.165. The molecule has 0 aliphatic heterocycles. The van der Waals surface area contributed by atoms with Crippen molar-refractivity contribution in [3.8, 4) is 5.75 Å². The standard InChI is InChI=1S/C18H20N2O5/c1-19(12-18(21)22)10-9-14-5-7-17(8-6-14)25-13-15-3-2-4-16(11-15)20(23)24/h2-8,11H,9-10,12-13H2,1H3,(H,21,22). The first kappa shape index (κ1) is 18.4. The summed E-state index contributed by atoms with van der Waals surface area (Å²) in [5, 5.41) is 19.5. The number of aliphatic carboxylic acids is 1. The first-order valence-electron chi connectivity index (χ1n) is 7.79. The highest BCUT2D eigenvalue weighted by molar-refractivity contribution is 5.69. The fourth-order valence-corrected chi connectivity index (χ4v) is 2.31. The predicted molar refractivity (Wildman–Crippen MR) is 92.7 cm³/mol. The average Bonchev–Trinajstić information content (AvgIpc) is 2.58. The van der Waals surface area contributed by atoms with E-state index in [0.717, 1.165) is 17.5 Å². The maximum atomic E-state index is 10.8. The Balaban J connectivity index is 1.85. The van der Waals surface area contributed by atoms with E-state index < -0.39 is 10.9 Å². The number of carboxylic acid groups (broad SMARTS) is 1. The quantitative estimate of drug-likeness (QED) is 0.555. The monoisotopic (exact) mass is 344 g/mol. The van der Waals surface area contributed by atoms with Crippen molar-refractivity contribution in [2.75, 3.05) is 20.1 Å². The fourth-order valence-electron chi connectivity index (χ4n) is 2.31. The summed E-state index contributed by atoms with van der Waals surface area (Å²) < 4.78 is 5.65. The zero-order valence-electron chi connectivity index (χ0n) is 13.9. The molecule has 0 aliphatic carbocycles. The molecule has 0 spiro atoms. The van der Waals surface area contributed by atoms with Crippen LogP contribution in [0.1, 0.15) is 11.1 Å². The minimum absolute atomic E-state index is 0.0183. The topological polar surface area (TPSA) is 92.9 Å². The van der Waals surface area contributed by atoms with Crippen LogP contribution in [-0.2, 0) is 17.8 Å². The number of nitrogens with zero attached hydrogens (tertiary/aromatic N) is 2. The minimum Gasteiger partial charge on any atom is -0.489 e. The molecular weight excluding hydrogens is 324 g/mol. The highest BCUT2D eigenvalue weighted by Crippen LogP contribution is 2.17. The Hall–Kier alpha value is -2.93. The summed E-state index contributed by atoms with van der Waals surface area (Å²) in [6.45, 7) is 0.924. The normalized spacial score (nSPS) is 10.6. The lowest BCUT2D eigenvalue weighted by atomic mass is 10.1. The van der Waals surface area contributed by atoms with Gasteiger partial charge in [-0.1, -0.05) is 24.3 Å². The molecule has 0 bridgehead atoms. The van der Waals surface area contributed by atoms with E-state index in [1.807, 2.05) is 24.3 Å². The minimum atomic E-state index is -0.840. The van der Waals surface area contributed by atoms with Crippen molar-refractivity contribution in [1.82, 2.24) is 4.90 Å². The number of nitro groups is 1. The van der Waals surface area contributed by atoms with Crippen LogP contribution in [0.15, 0.2) is 48.5 Å². The molecule has 1 N–H and O–H groups in total. The summed E-state index contributed by atoms with van der Waals surface area (Å²) in [7, 11) is 1.77. The fraction of sp³-hybridized carbons (Fsp3) is 0.278. The van der Waals surface area contributed by atoms with E-state index in [1.54, 1.807) is 24.1 Å². The van der Waals surface area contributed by atoms with Gasteiger partial charge in [0, 0.05) is 18.7 Å². The zero-order valence-corrected chi connectivity index (χ0v) is 13.9. The number of hydrogen-bond donors (Lipinski definition) is 1. The number of carbonyl (C=O) groups is 1. The second kappa shape index (κ2) is 8.79. The lowest BCUT2D eigenvalue weighted by Gasteiger charge is -2.13. The van der Waals surface area contributed by atoms with E-state index in [2.05, 4.69) is 0 Å². The molecule has 0 amide bonds. The van der Waals surface area contributed by atoms with Crippen LogP contribution in [0.2, 0.25) is 0 Å². The SMILES string of the molecule is CN(CCc1ccc(OCc2cccc([N+](=O)[O-])c2)cc1)CC(=O)O. The molecule has 2 rings (SSSR count). The van der Waals surface area contributed by atoms with Crippen LogP contribution >= 0.6 is 0 Å². The molecule has 25 heavy (non-hydrogen) atoms. The molecule has 132 valence electrons. The number of ether oxygens (including phenoxy) is 1. The molecule has 0 aromatic heterocycles. The van der Waals surface area contributed by atoms with E-state index in [-0.39, 0.29) is 18.8 Å². The van der Waals surface area contributed by atoms with Crippen molar-refractivity contribution in [3.63, 3.8) is 0 Å². The summed E-state index contributed by atoms with van der Waals surface area (Å²) in [4.78, 5) is 22.7. The molecule has 0 atom stereocenters. The molecule has 0 heterocycles. The van der Waals surface area contributed by atoms with Crippen LogP contribution in [0.5, 0.6) is 5.75 Å². The lowest BCUT2D eigenvalue weighted by Crippen LogP contribution is -2.27. The predicted octanol–water partition coefficient (Wildman–Crippen LogP) is 2.73. The Kier molecular flexibility index (Phi) is 6.47. The molecule has 7 nitrogen and oxygen atoms in total. The van der Waals surface area contributed by atoms with Gasteiger partial charge in [0.15, 0.2) is 0 Å². The second-order valence-electron chi connectivity index (χ2n) is 5.74. The van der Waals surface area contributed by atoms with E-state index in [1.165, 1.54) is 12.1 Å². The van der Waals surface area contributed by atoms with Gasteiger partial charge in [0.05, 0.1) is 11.5 Å². The van der Waals surface area contributed by atoms with Crippen LogP contribution in [-0.4, -0.2) is 41.0 Å². The van der Waals surface area contributed by atoms with Gasteiger partial charge >= 0.3 is 5.97 Å². The molecule has 2 aromatic carbocycles. The molecule has 2 aromatic rings. The van der Waals surface area contributed by atoms with Gasteiger partial charge in [-0.05, 0) is 36.7 Å². The average molecular weight is 344 g/mol. The van der Waals surface area contributed by atoms with Gasteiger partial charge in [-0.2, -0.15) is 0 Å². The first-order valence-corrected chi connectivity index (χ1v) is 7.79. The highest BCUT2D eigenvalue weighted by Gasteiger charge is 2.07. The van der Waals surface area contributed by atoms with E-state index >= 15 is 0 Å². The van der Waals surface area contributed by atoms with Crippen LogP contribution in [0.4, 0.5) is 5.69 Å². The zero-order chi connectivity index (χ0) is 18.2. The maximum absolute atomic E-state index is 10.8. The molecule has 0 unspecified atom stereocenters. The Morgan fingerprint density at radius 1 is 1.20 bits per heavy atom. The van der Waals surface area contributed by atoms with Crippen molar-refractivity contribution in [2.45, 2.75) is 13.0 Å². The van der Waals surface area contributed by atoms with Gasteiger partial charge in [-0.15, -0.1) is 0 Å². The number of likely N-dealkylation sites (N-methyl/N-ethyl adjacent to an activating group) is 1. The highest BCUT2D eigenvalue weighted by atomic mass is 16.6. The van der Waals surface area contributed by atoms with Crippen LogP contribution in [0, 0.1) is 10.1 Å². The molecule has 0 saturated carbocycles. The second-order valence-corrected chi connectivity index (χ2v) is 5.74. The van der Waals surface area contributed by atoms with Gasteiger partial charge in [-0.25, -0.2) is 0 Å². The largest absolute Gasteiger partial charge is 0.489 e. The Morgan fingerprint density at radius 2 is 1.92 bits per heavy atom. The summed E-state index contributed by atoms with van der Waals surface area (Å²) in [5.41, 5.74) is 1.86. The summed E-state index contributed by atoms with van der Waals surface area (Å²) in [6, 6.07) is 13.9. The van der Waals surface area contributed by atoms with E-state index in [0.29, 0.717) is 12.3 Å². The molecule has 7 heteroatoms. The Morgan fingerprint density at radius 3 is 2.56 bits per heavy atom. The van der Waals surface area contributed by atoms with Gasteiger partial charge in [-0.3, -0.25) is 19.8 Å². The third-order valence-corrected chi connectivity index (χ3v) is 3.64. The lowest BCUT2D eigenvalue weighted by molar-refractivity contribution is -0.384. The van der Waals surface area contributed by atoms with Crippen molar-refractivity contribution < 1.29 is 19.6 Å². The molecular formula is C18H20N2O5. The molecule has 0 aliphatic rings. The summed E-state index contributed by atoms with van der Waals surface area (Å²) in [6.07, 6.45) is 0.745. The van der Waals surface area contributed by atoms with Gasteiger partial charge in [0.1, 0.15) is 12.4 Å². The number of non-ortho nitro benzene ring substituents is 1. The molecule has 0 fully saturated rings. The maximum Gasteiger partial charge on any atom is 0.317 e. The molecule has 0 radical (unpaired) electrons. The van der Waals surface area contributed by atoms with Gasteiger partial charge < -0.3 is 9.84 Å². The van der Waals surface area contributed by atoms with Crippen molar-refractivity contribution in [2.24, 2.45) is 0 Å². The number of carboxylic acids is 1. The van der Waals surface area contributed by atoms with E-state index in [4.69, 9.17) is 9.84 Å². The first-order chi connectivity index (χ1) is 11.9. The Labute approximate surface area is 145 Å². The van der Waals surface area contributed by atoms with Gasteiger partial charge in [0.2, 0.25) is 0 Å². The molecule has 0 saturated heterocycles. The van der Waals surface area contributed by atoms with Crippen molar-refractivity contribution in [1.29, 1.82) is 0 Å². The third-order valence-electron chi connectivity index (χ3n) is 3.64. The van der Waals surface area contributed by atoms with Gasteiger partial charge in [0.25, 0.3) is 5.69 Å². The number of hydrogen-bond acceptors (Lipinski definition) is 5. The van der Waals surface area contributed by atoms with Crippen molar-refractivity contribution in [3.05, 3.63) is 69.8 Å². The van der Waals surface area contributed by atoms with Crippen LogP contribution in [0.3, 0.4) is 0 Å². The van der Waals surface area contributed by atoms with Crippen molar-refractivity contribution >= 4 is 11.7 Å². The van der Waals surface area contributed by atoms with Crippen LogP contribution in [0.25, 0.3) is 0 Å². The number of nitro benzene ring substituents is 1. The van der Waals surface area contributed by atoms with Crippen LogP contribution < -0.4 is 4.74 Å². The number of rotatable bonds is 9.